The van der Waals surface area contributed by atoms with Crippen LogP contribution in [0.3, 0.4) is 0 Å². The fraction of sp³-hybridized carbons (Fsp3) is 0.417. The van der Waals surface area contributed by atoms with Crippen molar-refractivity contribution in [3.63, 3.8) is 0 Å². The van der Waals surface area contributed by atoms with Crippen molar-refractivity contribution in [1.29, 1.82) is 0 Å². The van der Waals surface area contributed by atoms with E-state index in [0.717, 1.165) is 38.4 Å². The average Bonchev–Trinajstić information content (AvgIpc) is 2.94. The van der Waals surface area contributed by atoms with Crippen LogP contribution < -0.4 is 0 Å². The van der Waals surface area contributed by atoms with Gasteiger partial charge in [0.15, 0.2) is 5.82 Å². The predicted molar refractivity (Wildman–Crippen MR) is 64.5 cm³/mol. The van der Waals surface area contributed by atoms with Crippen LogP contribution in [-0.4, -0.2) is 51.8 Å². The molecule has 1 aliphatic heterocycles. The number of aromatic nitrogens is 4. The van der Waals surface area contributed by atoms with Gasteiger partial charge in [0.1, 0.15) is 0 Å². The Hall–Kier alpha value is -1.79. The summed E-state index contributed by atoms with van der Waals surface area (Å²) in [6, 6.07) is 9.11. The standard InChI is InChI=1S/C12H14N5O/c1-2-10(9-17-4-6-18-7-5-17)8-11(3-1)12-13-15-16-14-12/h2-3,8H,4-7,9H2,(H,13,14,15,16). The van der Waals surface area contributed by atoms with Crippen LogP contribution in [0, 0.1) is 6.07 Å². The van der Waals surface area contributed by atoms with Crippen LogP contribution in [0.4, 0.5) is 0 Å². The molecule has 2 heterocycles. The van der Waals surface area contributed by atoms with Gasteiger partial charge in [-0.05, 0) is 40.3 Å². The largest absolute Gasteiger partial charge is 0.379 e. The number of nitrogens with one attached hydrogen (secondary N) is 1. The predicted octanol–water partition coefficient (Wildman–Crippen LogP) is 0.499. The number of hydrogen-bond donors (Lipinski definition) is 1. The molecule has 2 aromatic rings. The molecule has 93 valence electrons. The monoisotopic (exact) mass is 244 g/mol. The fourth-order valence-electron chi connectivity index (χ4n) is 2.05. The quantitative estimate of drug-likeness (QED) is 0.851. The van der Waals surface area contributed by atoms with E-state index >= 15 is 0 Å². The molecule has 1 aliphatic rings. The summed E-state index contributed by atoms with van der Waals surface area (Å²) >= 11 is 0. The van der Waals surface area contributed by atoms with E-state index in [1.54, 1.807) is 0 Å². The number of morpholine rings is 1. The highest BCUT2D eigenvalue weighted by molar-refractivity contribution is 5.54. The Morgan fingerprint density at radius 1 is 1.33 bits per heavy atom. The highest BCUT2D eigenvalue weighted by atomic mass is 16.5. The molecular formula is C12H14N5O. The van der Waals surface area contributed by atoms with Crippen LogP contribution in [0.1, 0.15) is 5.56 Å². The molecule has 0 saturated carbocycles. The van der Waals surface area contributed by atoms with E-state index in [4.69, 9.17) is 4.74 Å². The molecular weight excluding hydrogens is 230 g/mol. The highest BCUT2D eigenvalue weighted by Gasteiger charge is 2.11. The minimum atomic E-state index is 0.676. The van der Waals surface area contributed by atoms with E-state index < -0.39 is 0 Å². The van der Waals surface area contributed by atoms with E-state index in [2.05, 4.69) is 37.7 Å². The molecule has 0 atom stereocenters. The first-order valence-electron chi connectivity index (χ1n) is 5.96. The Labute approximate surface area is 105 Å². The molecule has 1 aromatic heterocycles. The first-order valence-corrected chi connectivity index (χ1v) is 5.96. The lowest BCUT2D eigenvalue weighted by atomic mass is 10.1. The summed E-state index contributed by atoms with van der Waals surface area (Å²) in [4.78, 5) is 2.37. The summed E-state index contributed by atoms with van der Waals surface area (Å²) in [7, 11) is 0. The van der Waals surface area contributed by atoms with Crippen LogP contribution in [0.5, 0.6) is 0 Å². The van der Waals surface area contributed by atoms with Gasteiger partial charge in [-0.3, -0.25) is 4.90 Å². The van der Waals surface area contributed by atoms with E-state index in [-0.39, 0.29) is 0 Å². The highest BCUT2D eigenvalue weighted by Crippen LogP contribution is 2.16. The van der Waals surface area contributed by atoms with Crippen LogP contribution in [0.25, 0.3) is 11.4 Å². The number of tetrazole rings is 1. The summed E-state index contributed by atoms with van der Waals surface area (Å²) in [6.07, 6.45) is 0. The number of nitrogens with zero attached hydrogens (tertiary/aromatic N) is 4. The van der Waals surface area contributed by atoms with Crippen molar-refractivity contribution in [3.8, 4) is 11.4 Å². The first kappa shape index (κ1) is 11.3. The third-order valence-electron chi connectivity index (χ3n) is 2.98. The molecule has 0 bridgehead atoms. The lowest BCUT2D eigenvalue weighted by Crippen LogP contribution is -2.35. The Morgan fingerprint density at radius 3 is 3.00 bits per heavy atom. The Bertz CT molecular complexity index is 493. The number of H-pyrrole nitrogens is 1. The molecule has 18 heavy (non-hydrogen) atoms. The van der Waals surface area contributed by atoms with Gasteiger partial charge in [0.05, 0.1) is 13.2 Å². The third-order valence-corrected chi connectivity index (χ3v) is 2.98. The molecule has 0 unspecified atom stereocenters. The first-order chi connectivity index (χ1) is 8.92. The van der Waals surface area contributed by atoms with Crippen molar-refractivity contribution in [2.75, 3.05) is 26.3 Å². The second kappa shape index (κ2) is 5.24. The zero-order valence-corrected chi connectivity index (χ0v) is 9.96. The van der Waals surface area contributed by atoms with E-state index in [1.807, 2.05) is 12.1 Å². The molecule has 1 fully saturated rings. The second-order valence-electron chi connectivity index (χ2n) is 4.27. The smallest absolute Gasteiger partial charge is 0.179 e. The summed E-state index contributed by atoms with van der Waals surface area (Å²) in [6.45, 7) is 4.50. The number of aromatic amines is 1. The molecule has 1 aromatic carbocycles. The summed E-state index contributed by atoms with van der Waals surface area (Å²) in [5.74, 6) is 0.676. The maximum atomic E-state index is 5.34. The van der Waals surface area contributed by atoms with Crippen LogP contribution in [0.2, 0.25) is 0 Å². The topological polar surface area (TPSA) is 66.9 Å². The van der Waals surface area contributed by atoms with Gasteiger partial charge in [0.25, 0.3) is 0 Å². The Morgan fingerprint density at radius 2 is 2.22 bits per heavy atom. The molecule has 6 nitrogen and oxygen atoms in total. The molecule has 1 saturated heterocycles. The molecule has 6 heteroatoms. The molecule has 0 aliphatic carbocycles. The number of ether oxygens (including phenoxy) is 1. The van der Waals surface area contributed by atoms with Gasteiger partial charge in [0, 0.05) is 25.2 Å². The number of rotatable bonds is 3. The molecule has 0 spiro atoms. The number of benzene rings is 1. The molecule has 1 radical (unpaired) electrons. The van der Waals surface area contributed by atoms with Gasteiger partial charge in [-0.25, -0.2) is 5.10 Å². The van der Waals surface area contributed by atoms with Crippen molar-refractivity contribution in [2.24, 2.45) is 0 Å². The van der Waals surface area contributed by atoms with Gasteiger partial charge in [-0.15, -0.1) is 5.10 Å². The minimum Gasteiger partial charge on any atom is -0.379 e. The van der Waals surface area contributed by atoms with Crippen molar-refractivity contribution in [3.05, 3.63) is 29.8 Å². The second-order valence-corrected chi connectivity index (χ2v) is 4.27. The van der Waals surface area contributed by atoms with Crippen LogP contribution in [0.15, 0.2) is 18.2 Å². The van der Waals surface area contributed by atoms with Gasteiger partial charge >= 0.3 is 0 Å². The van der Waals surface area contributed by atoms with Gasteiger partial charge in [0.2, 0.25) is 0 Å². The average molecular weight is 244 g/mol. The van der Waals surface area contributed by atoms with Gasteiger partial charge in [-0.2, -0.15) is 0 Å². The lowest BCUT2D eigenvalue weighted by molar-refractivity contribution is 0.0342. The van der Waals surface area contributed by atoms with Gasteiger partial charge < -0.3 is 4.74 Å². The molecule has 3 rings (SSSR count). The van der Waals surface area contributed by atoms with E-state index in [9.17, 15) is 0 Å². The van der Waals surface area contributed by atoms with E-state index in [1.165, 1.54) is 5.56 Å². The lowest BCUT2D eigenvalue weighted by Gasteiger charge is -2.26. The third kappa shape index (κ3) is 2.55. The van der Waals surface area contributed by atoms with Gasteiger partial charge in [-0.1, -0.05) is 0 Å². The molecule has 1 N–H and O–H groups in total. The maximum Gasteiger partial charge on any atom is 0.179 e. The maximum absolute atomic E-state index is 5.34. The zero-order valence-electron chi connectivity index (χ0n) is 9.96. The van der Waals surface area contributed by atoms with Crippen molar-refractivity contribution < 1.29 is 4.74 Å². The SMILES string of the molecule is [c]1cc(CN2CCOCC2)cc(-c2nnn[nH]2)c1. The Balaban J connectivity index is 1.74. The van der Waals surface area contributed by atoms with Crippen molar-refractivity contribution >= 4 is 0 Å². The summed E-state index contributed by atoms with van der Waals surface area (Å²) < 4.78 is 5.34. The summed E-state index contributed by atoms with van der Waals surface area (Å²) in [5.41, 5.74) is 2.18. The fourth-order valence-corrected chi connectivity index (χ4v) is 2.05. The van der Waals surface area contributed by atoms with Crippen molar-refractivity contribution in [1.82, 2.24) is 25.5 Å². The van der Waals surface area contributed by atoms with Crippen LogP contribution in [-0.2, 0) is 11.3 Å². The molecule has 0 amide bonds. The van der Waals surface area contributed by atoms with E-state index in [0.29, 0.717) is 5.82 Å². The Kier molecular flexibility index (Phi) is 3.29. The van der Waals surface area contributed by atoms with Crippen molar-refractivity contribution in [2.45, 2.75) is 6.54 Å². The minimum absolute atomic E-state index is 0.676. The number of hydrogen-bond acceptors (Lipinski definition) is 5. The zero-order chi connectivity index (χ0) is 12.2. The normalized spacial score (nSPS) is 16.9. The van der Waals surface area contributed by atoms with Crippen LogP contribution >= 0.6 is 0 Å². The summed E-state index contributed by atoms with van der Waals surface area (Å²) in [5, 5.41) is 13.8.